The van der Waals surface area contributed by atoms with E-state index in [2.05, 4.69) is 11.6 Å². The van der Waals surface area contributed by atoms with E-state index in [1.807, 2.05) is 28.8 Å². The molecule has 0 radical (unpaired) electrons. The first-order valence-electron chi connectivity index (χ1n) is 6.52. The van der Waals surface area contributed by atoms with Gasteiger partial charge in [0.25, 0.3) is 0 Å². The van der Waals surface area contributed by atoms with Gasteiger partial charge in [-0.05, 0) is 12.1 Å². The van der Waals surface area contributed by atoms with Crippen molar-refractivity contribution in [3.63, 3.8) is 0 Å². The lowest BCUT2D eigenvalue weighted by Gasteiger charge is -2.12. The molecule has 0 saturated heterocycles. The normalized spacial score (nSPS) is 15.2. The molecule has 0 unspecified atom stereocenters. The Hall–Kier alpha value is -2.34. The standard InChI is InChI=1S/C15H14N2O3S/c1-2-7-17-11-5-3-4-6-13(11)21-15(17)16-14(18)12-10-19-8-9-20-12/h2-6,10H,1,7-9H2. The molecule has 2 aromatic rings. The van der Waals surface area contributed by atoms with Gasteiger partial charge in [-0.15, -0.1) is 6.58 Å². The summed E-state index contributed by atoms with van der Waals surface area (Å²) in [5.41, 5.74) is 1.03. The molecule has 1 amide bonds. The third-order valence-electron chi connectivity index (χ3n) is 2.96. The number of rotatable bonds is 3. The summed E-state index contributed by atoms with van der Waals surface area (Å²) in [6.45, 7) is 5.17. The average molecular weight is 302 g/mol. The number of thiazole rings is 1. The Morgan fingerprint density at radius 2 is 2.29 bits per heavy atom. The Morgan fingerprint density at radius 3 is 3.05 bits per heavy atom. The highest BCUT2D eigenvalue weighted by atomic mass is 32.1. The molecule has 1 aliphatic rings. The molecule has 2 heterocycles. The summed E-state index contributed by atoms with van der Waals surface area (Å²) in [5.74, 6) is -0.289. The lowest BCUT2D eigenvalue weighted by atomic mass is 10.3. The number of hydrogen-bond donors (Lipinski definition) is 0. The molecule has 6 heteroatoms. The predicted molar refractivity (Wildman–Crippen MR) is 80.6 cm³/mol. The van der Waals surface area contributed by atoms with Gasteiger partial charge < -0.3 is 14.0 Å². The number of nitrogens with zero attached hydrogens (tertiary/aromatic N) is 2. The van der Waals surface area contributed by atoms with Crippen molar-refractivity contribution < 1.29 is 14.3 Å². The van der Waals surface area contributed by atoms with Crippen LogP contribution in [0.3, 0.4) is 0 Å². The van der Waals surface area contributed by atoms with E-state index in [9.17, 15) is 4.79 Å². The molecule has 0 fully saturated rings. The van der Waals surface area contributed by atoms with Gasteiger partial charge in [0.05, 0.1) is 10.2 Å². The maximum atomic E-state index is 12.1. The molecule has 1 aliphatic heterocycles. The van der Waals surface area contributed by atoms with Crippen molar-refractivity contribution in [1.29, 1.82) is 0 Å². The quantitative estimate of drug-likeness (QED) is 0.817. The van der Waals surface area contributed by atoms with Gasteiger partial charge in [0, 0.05) is 6.54 Å². The van der Waals surface area contributed by atoms with Gasteiger partial charge in [0.15, 0.2) is 4.80 Å². The number of fused-ring (bicyclic) bond motifs is 1. The Kier molecular flexibility index (Phi) is 3.87. The molecule has 21 heavy (non-hydrogen) atoms. The molecule has 3 rings (SSSR count). The number of para-hydroxylation sites is 1. The van der Waals surface area contributed by atoms with Crippen LogP contribution < -0.4 is 4.80 Å². The van der Waals surface area contributed by atoms with Crippen LogP contribution in [0.4, 0.5) is 0 Å². The van der Waals surface area contributed by atoms with Crippen molar-refractivity contribution in [2.24, 2.45) is 4.99 Å². The molecule has 108 valence electrons. The van der Waals surface area contributed by atoms with Gasteiger partial charge in [-0.25, -0.2) is 0 Å². The second kappa shape index (κ2) is 5.97. The maximum absolute atomic E-state index is 12.1. The first kappa shape index (κ1) is 13.6. The molecular formula is C15H14N2O3S. The second-order valence-corrected chi connectivity index (χ2v) is 5.38. The zero-order valence-electron chi connectivity index (χ0n) is 11.3. The molecular weight excluding hydrogens is 288 g/mol. The van der Waals surface area contributed by atoms with E-state index in [1.54, 1.807) is 6.08 Å². The molecule has 0 N–H and O–H groups in total. The van der Waals surface area contributed by atoms with Gasteiger partial charge in [-0.1, -0.05) is 29.5 Å². The monoisotopic (exact) mass is 302 g/mol. The second-order valence-electron chi connectivity index (χ2n) is 4.37. The third kappa shape index (κ3) is 2.75. The van der Waals surface area contributed by atoms with E-state index >= 15 is 0 Å². The van der Waals surface area contributed by atoms with Crippen molar-refractivity contribution in [2.75, 3.05) is 13.2 Å². The number of carbonyl (C=O) groups is 1. The fourth-order valence-electron chi connectivity index (χ4n) is 2.03. The SMILES string of the molecule is C=CCn1c(=NC(=O)C2=COCCO2)sc2ccccc21. The van der Waals surface area contributed by atoms with Crippen LogP contribution in [-0.4, -0.2) is 23.7 Å². The number of allylic oxidation sites excluding steroid dienone is 1. The topological polar surface area (TPSA) is 52.8 Å². The lowest BCUT2D eigenvalue weighted by molar-refractivity contribution is -0.119. The van der Waals surface area contributed by atoms with Crippen LogP contribution in [0.5, 0.6) is 0 Å². The molecule has 0 spiro atoms. The van der Waals surface area contributed by atoms with Gasteiger partial charge in [0.2, 0.25) is 5.76 Å². The zero-order valence-corrected chi connectivity index (χ0v) is 12.1. The maximum Gasteiger partial charge on any atom is 0.317 e. The lowest BCUT2D eigenvalue weighted by Crippen LogP contribution is -2.19. The molecule has 1 aromatic carbocycles. The van der Waals surface area contributed by atoms with Crippen LogP contribution in [0.25, 0.3) is 10.2 Å². The minimum Gasteiger partial charge on any atom is -0.494 e. The zero-order chi connectivity index (χ0) is 14.7. The largest absolute Gasteiger partial charge is 0.494 e. The van der Waals surface area contributed by atoms with Gasteiger partial charge in [0.1, 0.15) is 19.5 Å². The minimum atomic E-state index is -0.431. The van der Waals surface area contributed by atoms with E-state index in [4.69, 9.17) is 9.47 Å². The van der Waals surface area contributed by atoms with E-state index < -0.39 is 5.91 Å². The predicted octanol–water partition coefficient (Wildman–Crippen LogP) is 2.20. The summed E-state index contributed by atoms with van der Waals surface area (Å²) in [4.78, 5) is 16.9. The number of carbonyl (C=O) groups excluding carboxylic acids is 1. The number of benzene rings is 1. The van der Waals surface area contributed by atoms with E-state index in [0.717, 1.165) is 10.2 Å². The van der Waals surface area contributed by atoms with E-state index in [0.29, 0.717) is 24.6 Å². The number of hydrogen-bond acceptors (Lipinski definition) is 4. The fraction of sp³-hybridized carbons (Fsp3) is 0.200. The third-order valence-corrected chi connectivity index (χ3v) is 4.02. The number of aromatic nitrogens is 1. The van der Waals surface area contributed by atoms with Crippen LogP contribution in [0.1, 0.15) is 0 Å². The Morgan fingerprint density at radius 1 is 1.43 bits per heavy atom. The van der Waals surface area contributed by atoms with Crippen molar-refractivity contribution in [2.45, 2.75) is 6.54 Å². The van der Waals surface area contributed by atoms with Crippen molar-refractivity contribution in [3.8, 4) is 0 Å². The number of ether oxygens (including phenoxy) is 2. The number of amides is 1. The summed E-state index contributed by atoms with van der Waals surface area (Å²) in [6.07, 6.45) is 3.10. The minimum absolute atomic E-state index is 0.142. The molecule has 0 aliphatic carbocycles. The highest BCUT2D eigenvalue weighted by molar-refractivity contribution is 7.16. The van der Waals surface area contributed by atoms with Crippen molar-refractivity contribution in [3.05, 3.63) is 53.7 Å². The van der Waals surface area contributed by atoms with Gasteiger partial charge >= 0.3 is 5.91 Å². The molecule has 0 atom stereocenters. The van der Waals surface area contributed by atoms with Crippen LogP contribution in [-0.2, 0) is 20.8 Å². The molecule has 0 saturated carbocycles. The van der Waals surface area contributed by atoms with Gasteiger partial charge in [-0.3, -0.25) is 4.79 Å². The summed E-state index contributed by atoms with van der Waals surface area (Å²) in [7, 11) is 0. The fourth-order valence-corrected chi connectivity index (χ4v) is 3.07. The Balaban J connectivity index is 2.08. The van der Waals surface area contributed by atoms with Crippen LogP contribution in [0.2, 0.25) is 0 Å². The van der Waals surface area contributed by atoms with Gasteiger partial charge in [-0.2, -0.15) is 4.99 Å². The smallest absolute Gasteiger partial charge is 0.317 e. The average Bonchev–Trinajstić information content (AvgIpc) is 2.86. The highest BCUT2D eigenvalue weighted by Crippen LogP contribution is 2.17. The molecule has 1 aromatic heterocycles. The van der Waals surface area contributed by atoms with E-state index in [-0.39, 0.29) is 5.76 Å². The summed E-state index contributed by atoms with van der Waals surface area (Å²) in [6, 6.07) is 7.92. The summed E-state index contributed by atoms with van der Waals surface area (Å²) < 4.78 is 13.4. The van der Waals surface area contributed by atoms with Crippen LogP contribution in [0, 0.1) is 0 Å². The summed E-state index contributed by atoms with van der Waals surface area (Å²) in [5, 5.41) is 0. The first-order chi connectivity index (χ1) is 10.3. The molecule has 5 nitrogen and oxygen atoms in total. The highest BCUT2D eigenvalue weighted by Gasteiger charge is 2.15. The summed E-state index contributed by atoms with van der Waals surface area (Å²) >= 11 is 1.46. The van der Waals surface area contributed by atoms with Crippen molar-refractivity contribution >= 4 is 27.5 Å². The Labute approximate surface area is 125 Å². The van der Waals surface area contributed by atoms with Crippen LogP contribution >= 0.6 is 11.3 Å². The molecule has 0 bridgehead atoms. The van der Waals surface area contributed by atoms with Crippen LogP contribution in [0.15, 0.2) is 53.9 Å². The first-order valence-corrected chi connectivity index (χ1v) is 7.34. The Bertz CT molecular complexity index is 786. The van der Waals surface area contributed by atoms with Crippen molar-refractivity contribution in [1.82, 2.24) is 4.57 Å². The van der Waals surface area contributed by atoms with E-state index in [1.165, 1.54) is 17.6 Å².